The summed E-state index contributed by atoms with van der Waals surface area (Å²) in [7, 11) is 0. The molecule has 324 valence electrons. The minimum absolute atomic E-state index is 0. The fraction of sp³-hybridized carbons (Fsp3) is 0.276. The van der Waals surface area contributed by atoms with Gasteiger partial charge in [-0.25, -0.2) is 4.98 Å². The zero-order chi connectivity index (χ0) is 63.5. The quantitative estimate of drug-likeness (QED) is 0.154. The first-order valence-corrected chi connectivity index (χ1v) is 20.1. The molecule has 0 fully saturated rings. The van der Waals surface area contributed by atoms with E-state index in [2.05, 4.69) is 11.1 Å². The molecule has 8 aromatic rings. The van der Waals surface area contributed by atoms with Crippen LogP contribution in [0.5, 0.6) is 5.75 Å². The molecular formula is C58H60N3OPt-. The van der Waals surface area contributed by atoms with Gasteiger partial charge in [0.25, 0.3) is 0 Å². The van der Waals surface area contributed by atoms with Gasteiger partial charge in [-0.3, -0.25) is 9.55 Å². The van der Waals surface area contributed by atoms with Crippen molar-refractivity contribution in [3.63, 3.8) is 0 Å². The molecule has 0 saturated heterocycles. The molecule has 0 aliphatic heterocycles. The van der Waals surface area contributed by atoms with Gasteiger partial charge in [-0.2, -0.15) is 0 Å². The summed E-state index contributed by atoms with van der Waals surface area (Å²) in [6.45, 7) is -14.9. The van der Waals surface area contributed by atoms with Crippen LogP contribution in [0.2, 0.25) is 0 Å². The Morgan fingerprint density at radius 3 is 2.10 bits per heavy atom. The Morgan fingerprint density at radius 1 is 0.683 bits per heavy atom. The van der Waals surface area contributed by atoms with Crippen LogP contribution in [0.4, 0.5) is 0 Å². The number of aromatic nitrogens is 3. The van der Waals surface area contributed by atoms with Crippen molar-refractivity contribution < 1.29 is 57.7 Å². The third-order valence-corrected chi connectivity index (χ3v) is 10.8. The van der Waals surface area contributed by atoms with Crippen LogP contribution in [0.25, 0.3) is 72.7 Å². The van der Waals surface area contributed by atoms with Crippen LogP contribution < -0.4 is 0 Å². The summed E-state index contributed by atoms with van der Waals surface area (Å²) in [5.74, 6) is -1.84. The Hall–Kier alpha value is -5.57. The molecule has 4 nitrogen and oxygen atoms in total. The van der Waals surface area contributed by atoms with E-state index in [1.807, 2.05) is 83.1 Å². The zero-order valence-electron chi connectivity index (χ0n) is 58.3. The van der Waals surface area contributed by atoms with Gasteiger partial charge in [0.2, 0.25) is 0 Å². The van der Waals surface area contributed by atoms with Gasteiger partial charge in [-0.05, 0) is 92.3 Å². The van der Waals surface area contributed by atoms with Crippen molar-refractivity contribution in [2.45, 2.75) is 98.4 Å². The van der Waals surface area contributed by atoms with Crippen molar-refractivity contribution >= 4 is 11.0 Å². The standard InChI is InChI=1S/C58H60N3O.Pt/c1-37(2)29-41-33-46(25-26-47(41)39-21-16-13-17-22-39)61-52-24-18-23-48(53(52)60-55(61)49-35-45(57(6,7)8)36-50(54(49)62)58(9,10)11)42-30-43(32-44(31-42)56(3,4)5)51-34-40(27-28-59-51)38-19-14-12-15-20-38;/h12-28,31-37,62H,29H2,1-11H3;/q-1;/i6D3,7D3,8D3,9D3,10D3,11D3,12D,14D,15D,19D,20D;. The summed E-state index contributed by atoms with van der Waals surface area (Å²) in [6.07, 6.45) is 1.89. The predicted octanol–water partition coefficient (Wildman–Crippen LogP) is 15.3. The van der Waals surface area contributed by atoms with E-state index in [1.54, 1.807) is 36.4 Å². The average Bonchev–Trinajstić information content (AvgIpc) is 0.976. The van der Waals surface area contributed by atoms with Crippen LogP contribution in [0.15, 0.2) is 140 Å². The Labute approximate surface area is 422 Å². The number of pyridine rings is 1. The third-order valence-electron chi connectivity index (χ3n) is 10.8. The fourth-order valence-electron chi connectivity index (χ4n) is 7.71. The number of fused-ring (bicyclic) bond motifs is 1. The van der Waals surface area contributed by atoms with Gasteiger partial charge in [0, 0.05) is 68.9 Å². The Morgan fingerprint density at radius 2 is 1.40 bits per heavy atom. The number of nitrogens with zero attached hydrogens (tertiary/aromatic N) is 3. The van der Waals surface area contributed by atoms with Crippen molar-refractivity contribution in [3.05, 3.63) is 168 Å². The molecule has 5 heteroatoms. The molecule has 63 heavy (non-hydrogen) atoms. The molecule has 1 N–H and O–H groups in total. The van der Waals surface area contributed by atoms with E-state index in [1.165, 1.54) is 16.8 Å². The molecule has 0 atom stereocenters. The second-order valence-corrected chi connectivity index (χ2v) is 17.0. The molecule has 2 heterocycles. The molecule has 0 amide bonds. The van der Waals surface area contributed by atoms with E-state index in [4.69, 9.17) is 36.5 Å². The van der Waals surface area contributed by atoms with E-state index >= 15 is 0 Å². The topological polar surface area (TPSA) is 50.9 Å². The number of para-hydroxylation sites is 1. The first kappa shape index (κ1) is 24.5. The normalized spacial score (nSPS) is 18.7. The fourth-order valence-corrected chi connectivity index (χ4v) is 7.71. The van der Waals surface area contributed by atoms with Gasteiger partial charge in [-0.1, -0.05) is 178 Å². The van der Waals surface area contributed by atoms with Crippen molar-refractivity contribution in [2.24, 2.45) is 5.92 Å². The van der Waals surface area contributed by atoms with E-state index in [-0.39, 0.29) is 66.6 Å². The Kier molecular flexibility index (Phi) is 6.81. The van der Waals surface area contributed by atoms with Crippen molar-refractivity contribution in [3.8, 4) is 67.5 Å². The summed E-state index contributed by atoms with van der Waals surface area (Å²) in [5, 5.41) is 13.0. The molecule has 0 radical (unpaired) electrons. The van der Waals surface area contributed by atoms with E-state index in [0.717, 1.165) is 16.7 Å². The van der Waals surface area contributed by atoms with Gasteiger partial charge < -0.3 is 5.11 Å². The van der Waals surface area contributed by atoms with Crippen LogP contribution in [0.3, 0.4) is 0 Å². The summed E-state index contributed by atoms with van der Waals surface area (Å²) in [4.78, 5) is 9.74. The SMILES string of the molecule is [2H]c1c([2H])c([2H])c(-c2ccnc(-c3[c-]c(-c4cccc5c4nc(-c4cc(C(C([2H])([2H])[2H])(C([2H])([2H])[2H])C([2H])([2H])[2H])cc(C(C([2H])([2H])[2H])(C([2H])([2H])[2H])C([2H])([2H])[2H])c4O)n5-c4ccc(-c5ccccc5)c(CC(C)C)c4)cc(C(C)(C)C)c3)c2)c([2H])c1[2H].[Pt]. The van der Waals surface area contributed by atoms with Crippen LogP contribution in [-0.2, 0) is 43.7 Å². The maximum Gasteiger partial charge on any atom is 0.148 e. The first-order valence-electron chi connectivity index (χ1n) is 31.6. The average molecular weight is 1030 g/mol. The number of aromatic hydroxyl groups is 1. The first-order chi connectivity index (χ1) is 38.9. The van der Waals surface area contributed by atoms with Crippen LogP contribution >= 0.6 is 0 Å². The van der Waals surface area contributed by atoms with Crippen LogP contribution in [-0.4, -0.2) is 19.6 Å². The largest absolute Gasteiger partial charge is 0.507 e. The van der Waals surface area contributed by atoms with E-state index in [9.17, 15) is 5.11 Å². The van der Waals surface area contributed by atoms with Gasteiger partial charge in [-0.15, -0.1) is 29.3 Å². The Bertz CT molecular complexity index is 3780. The molecule has 0 bridgehead atoms. The van der Waals surface area contributed by atoms with Crippen LogP contribution in [0, 0.1) is 12.0 Å². The molecule has 0 saturated carbocycles. The summed E-state index contributed by atoms with van der Waals surface area (Å²) >= 11 is 0. The van der Waals surface area contributed by atoms with Gasteiger partial charge >= 0.3 is 0 Å². The second kappa shape index (κ2) is 17.5. The minimum atomic E-state index is -4.18. The summed E-state index contributed by atoms with van der Waals surface area (Å²) < 4.78 is 201. The smallest absolute Gasteiger partial charge is 0.148 e. The van der Waals surface area contributed by atoms with Gasteiger partial charge in [0.05, 0.1) is 23.5 Å². The molecule has 2 aromatic heterocycles. The monoisotopic (exact) mass is 1030 g/mol. The molecule has 6 aromatic carbocycles. The molecule has 0 aliphatic rings. The van der Waals surface area contributed by atoms with Gasteiger partial charge in [0.1, 0.15) is 11.6 Å². The third kappa shape index (κ3) is 9.39. The summed E-state index contributed by atoms with van der Waals surface area (Å²) in [5.41, 5.74) is -7.36. The summed E-state index contributed by atoms with van der Waals surface area (Å²) in [6, 6.07) is 28.1. The molecule has 0 spiro atoms. The van der Waals surface area contributed by atoms with E-state index in [0.29, 0.717) is 34.7 Å². The number of phenolic OH excluding ortho intramolecular Hbond substituents is 1. The van der Waals surface area contributed by atoms with E-state index < -0.39 is 116 Å². The number of imidazole rings is 1. The van der Waals surface area contributed by atoms with Crippen molar-refractivity contribution in [2.75, 3.05) is 0 Å². The maximum atomic E-state index is 13.0. The van der Waals surface area contributed by atoms with Crippen molar-refractivity contribution in [1.82, 2.24) is 14.5 Å². The maximum absolute atomic E-state index is 13.0. The molecule has 0 aliphatic carbocycles. The zero-order valence-corrected chi connectivity index (χ0v) is 37.6. The number of benzene rings is 6. The number of rotatable bonds is 8. The predicted molar refractivity (Wildman–Crippen MR) is 261 cm³/mol. The molecular weight excluding hydrogens is 950 g/mol. The van der Waals surface area contributed by atoms with Crippen LogP contribution in [0.1, 0.15) is 130 Å². The number of phenols is 1. The number of hydrogen-bond donors (Lipinski definition) is 1. The second-order valence-electron chi connectivity index (χ2n) is 17.0. The van der Waals surface area contributed by atoms with Gasteiger partial charge in [0.15, 0.2) is 0 Å². The van der Waals surface area contributed by atoms with Crippen molar-refractivity contribution in [1.29, 1.82) is 0 Å². The molecule has 0 unspecified atom stereocenters. The number of hydrogen-bond acceptors (Lipinski definition) is 3. The Balaban J connectivity index is 0.0000106. The minimum Gasteiger partial charge on any atom is -0.507 e. The molecule has 8 rings (SSSR count).